The van der Waals surface area contributed by atoms with Crippen molar-refractivity contribution in [3.05, 3.63) is 71.3 Å². The van der Waals surface area contributed by atoms with Crippen LogP contribution in [0.4, 0.5) is 0 Å². The number of amidine groups is 1. The number of aliphatic imine (C=N–C) groups is 1. The number of carboxylic acid groups (broad SMARTS) is 1. The second-order valence-electron chi connectivity index (χ2n) is 8.96. The zero-order valence-electron chi connectivity index (χ0n) is 23.1. The number of amides is 2. The van der Waals surface area contributed by atoms with E-state index in [-0.39, 0.29) is 37.1 Å². The van der Waals surface area contributed by atoms with Gasteiger partial charge in [-0.3, -0.25) is 24.8 Å². The van der Waals surface area contributed by atoms with Gasteiger partial charge in [0.2, 0.25) is 21.8 Å². The van der Waals surface area contributed by atoms with Gasteiger partial charge in [0.15, 0.2) is 5.96 Å². The number of nitrogens with two attached hydrogens (primary N) is 3. The number of carboxylic acids is 1. The van der Waals surface area contributed by atoms with Gasteiger partial charge in [-0.1, -0.05) is 54.6 Å². The van der Waals surface area contributed by atoms with E-state index in [9.17, 15) is 23.1 Å². The predicted octanol–water partition coefficient (Wildman–Crippen LogP) is -1.30. The Morgan fingerprint density at radius 3 is 2.07 bits per heavy atom. The summed E-state index contributed by atoms with van der Waals surface area (Å²) in [5, 5.41) is 29.8. The normalized spacial score (nSPS) is 12.0. The Hall–Kier alpha value is -4.54. The number of carbonyl (C=O) groups is 3. The smallest absolute Gasteiger partial charge is 0.300 e. The van der Waals surface area contributed by atoms with Crippen molar-refractivity contribution in [2.75, 3.05) is 13.2 Å². The Balaban J connectivity index is 0.00000206. The number of aliphatic hydroxyl groups excluding tert-OH is 1. The number of carbonyl (C=O) groups excluding carboxylic acids is 2. The van der Waals surface area contributed by atoms with Gasteiger partial charge in [-0.25, -0.2) is 13.1 Å². The maximum atomic E-state index is 12.9. The van der Waals surface area contributed by atoms with Crippen molar-refractivity contribution in [2.45, 2.75) is 44.1 Å². The molecule has 2 atom stereocenters. The van der Waals surface area contributed by atoms with Crippen LogP contribution in [0, 0.1) is 5.41 Å². The maximum Gasteiger partial charge on any atom is 0.300 e. The summed E-state index contributed by atoms with van der Waals surface area (Å²) >= 11 is 0. The number of sulfonamides is 1. The zero-order chi connectivity index (χ0) is 31.7. The molecule has 0 saturated heterocycles. The average molecular weight is 607 g/mol. The summed E-state index contributed by atoms with van der Waals surface area (Å²) in [4.78, 5) is 38.6. The molecule has 42 heavy (non-hydrogen) atoms. The summed E-state index contributed by atoms with van der Waals surface area (Å²) in [6, 6.07) is 12.5. The van der Waals surface area contributed by atoms with Crippen LogP contribution in [0.1, 0.15) is 36.5 Å². The fraction of sp³-hybridized carbons (Fsp3) is 0.346. The van der Waals surface area contributed by atoms with Crippen molar-refractivity contribution in [1.29, 1.82) is 5.41 Å². The molecule has 0 fully saturated rings. The van der Waals surface area contributed by atoms with Gasteiger partial charge in [0.05, 0.1) is 12.4 Å². The van der Waals surface area contributed by atoms with Crippen molar-refractivity contribution in [3.63, 3.8) is 0 Å². The lowest BCUT2D eigenvalue weighted by molar-refractivity contribution is -0.134. The van der Waals surface area contributed by atoms with Crippen LogP contribution in [0.3, 0.4) is 0 Å². The summed E-state index contributed by atoms with van der Waals surface area (Å²) in [6.45, 7) is 0.608. The molecule has 0 spiro atoms. The molecule has 0 aliphatic carbocycles. The summed E-state index contributed by atoms with van der Waals surface area (Å²) in [6.07, 6.45) is 0.486. The Bertz CT molecular complexity index is 1310. The molecule has 12 N–H and O–H groups in total. The Morgan fingerprint density at radius 1 is 0.952 bits per heavy atom. The highest BCUT2D eigenvalue weighted by Crippen LogP contribution is 2.07. The molecular weight excluding hydrogens is 568 g/mol. The fourth-order valence-corrected chi connectivity index (χ4v) is 4.71. The van der Waals surface area contributed by atoms with Gasteiger partial charge in [0.25, 0.3) is 5.97 Å². The molecule has 15 nitrogen and oxygen atoms in total. The molecular formula is C26H38N8O7S. The Morgan fingerprint density at radius 2 is 1.55 bits per heavy atom. The van der Waals surface area contributed by atoms with Gasteiger partial charge >= 0.3 is 0 Å². The molecule has 2 amide bonds. The largest absolute Gasteiger partial charge is 0.481 e. The van der Waals surface area contributed by atoms with Crippen LogP contribution >= 0.6 is 0 Å². The molecule has 2 rings (SSSR count). The van der Waals surface area contributed by atoms with E-state index in [2.05, 4.69) is 20.3 Å². The first-order chi connectivity index (χ1) is 19.7. The molecule has 230 valence electrons. The zero-order valence-corrected chi connectivity index (χ0v) is 23.9. The van der Waals surface area contributed by atoms with E-state index in [1.54, 1.807) is 54.6 Å². The minimum Gasteiger partial charge on any atom is -0.481 e. The summed E-state index contributed by atoms with van der Waals surface area (Å²) in [5.74, 6) is -2.80. The Labute approximate surface area is 244 Å². The van der Waals surface area contributed by atoms with Crippen LogP contribution in [0.2, 0.25) is 0 Å². The lowest BCUT2D eigenvalue weighted by atomic mass is 10.1. The minimum atomic E-state index is -3.97. The van der Waals surface area contributed by atoms with Crippen LogP contribution in [0.25, 0.3) is 0 Å². The number of rotatable bonds is 15. The highest BCUT2D eigenvalue weighted by atomic mass is 32.2. The van der Waals surface area contributed by atoms with Crippen LogP contribution in [0.15, 0.2) is 59.6 Å². The first-order valence-electron chi connectivity index (χ1n) is 12.6. The first-order valence-corrected chi connectivity index (χ1v) is 14.3. The van der Waals surface area contributed by atoms with Gasteiger partial charge in [-0.15, -0.1) is 0 Å². The van der Waals surface area contributed by atoms with Crippen molar-refractivity contribution >= 4 is 39.6 Å². The van der Waals surface area contributed by atoms with Gasteiger partial charge < -0.3 is 38.0 Å². The molecule has 0 radical (unpaired) electrons. The molecule has 0 heterocycles. The van der Waals surface area contributed by atoms with Crippen molar-refractivity contribution < 1.29 is 33.0 Å². The van der Waals surface area contributed by atoms with E-state index in [1.165, 1.54) is 0 Å². The highest BCUT2D eigenvalue weighted by Gasteiger charge is 2.28. The number of nitrogen functional groups attached to an aromatic ring is 1. The topological polar surface area (TPSA) is 276 Å². The van der Waals surface area contributed by atoms with Gasteiger partial charge in [0.1, 0.15) is 17.9 Å². The summed E-state index contributed by atoms with van der Waals surface area (Å²) < 4.78 is 27.3. The van der Waals surface area contributed by atoms with Crippen molar-refractivity contribution in [3.8, 4) is 0 Å². The van der Waals surface area contributed by atoms with E-state index in [0.29, 0.717) is 17.5 Å². The second kappa shape index (κ2) is 18.0. The van der Waals surface area contributed by atoms with Crippen LogP contribution in [-0.2, 0) is 36.7 Å². The van der Waals surface area contributed by atoms with Gasteiger partial charge in [-0.2, -0.15) is 0 Å². The molecule has 2 aromatic rings. The van der Waals surface area contributed by atoms with Gasteiger partial charge in [0, 0.05) is 25.6 Å². The lowest BCUT2D eigenvalue weighted by Gasteiger charge is -2.22. The van der Waals surface area contributed by atoms with Crippen LogP contribution in [-0.4, -0.2) is 73.4 Å². The number of hydrogen-bond acceptors (Lipinski definition) is 8. The molecule has 0 unspecified atom stereocenters. The third-order valence-electron chi connectivity index (χ3n) is 5.33. The number of nitrogens with one attached hydrogen (secondary N) is 4. The van der Waals surface area contributed by atoms with Crippen molar-refractivity contribution in [2.24, 2.45) is 22.2 Å². The average Bonchev–Trinajstić information content (AvgIpc) is 2.92. The number of aliphatic carboxylic acids is 1. The standard InChI is InChI=1S/C24H34N8O5S.C2H4O2/c25-21(26)18-10-8-16(9-11-18)13-30-22(34)19(7-4-12-29-24(27)28)31-23(35)20(14-33)32-38(36,37)15-17-5-2-1-3-6-17;1-2(3)4/h1-3,5-6,8-11,19-20,32-33H,4,7,12-15H2,(H3,25,26)(H,30,34)(H,31,35)(H4,27,28,29);1H3,(H,3,4)/t19-,20+;/m0./s1. The number of nitrogens with zero attached hydrogens (tertiary/aromatic N) is 1. The maximum absolute atomic E-state index is 12.9. The second-order valence-corrected chi connectivity index (χ2v) is 10.7. The molecule has 0 bridgehead atoms. The minimum absolute atomic E-state index is 0.0815. The third kappa shape index (κ3) is 14.7. The van der Waals surface area contributed by atoms with Crippen molar-refractivity contribution in [1.82, 2.24) is 15.4 Å². The molecule has 2 aromatic carbocycles. The fourth-order valence-electron chi connectivity index (χ4n) is 3.38. The Kier molecular flexibility index (Phi) is 15.2. The van der Waals surface area contributed by atoms with Crippen LogP contribution in [0.5, 0.6) is 0 Å². The molecule has 0 aliphatic rings. The SMILES string of the molecule is CC(=O)O.N=C(N)c1ccc(CNC(=O)[C@H](CCCN=C(N)N)NC(=O)[C@@H](CO)NS(=O)(=O)Cc2ccccc2)cc1. The molecule has 0 aromatic heterocycles. The number of guanidine groups is 1. The number of benzene rings is 2. The molecule has 16 heteroatoms. The molecule has 0 aliphatic heterocycles. The van der Waals surface area contributed by atoms with E-state index in [1.807, 2.05) is 0 Å². The predicted molar refractivity (Wildman–Crippen MR) is 158 cm³/mol. The number of hydrogen-bond donors (Lipinski definition) is 9. The highest BCUT2D eigenvalue weighted by molar-refractivity contribution is 7.88. The van der Waals surface area contributed by atoms with E-state index < -0.39 is 46.5 Å². The van der Waals surface area contributed by atoms with Crippen LogP contribution < -0.4 is 32.6 Å². The van der Waals surface area contributed by atoms with E-state index in [0.717, 1.165) is 12.5 Å². The van der Waals surface area contributed by atoms with Gasteiger partial charge in [-0.05, 0) is 24.0 Å². The summed E-state index contributed by atoms with van der Waals surface area (Å²) in [7, 11) is -3.97. The van der Waals surface area contributed by atoms with E-state index in [4.69, 9.17) is 32.5 Å². The van der Waals surface area contributed by atoms with E-state index >= 15 is 0 Å². The lowest BCUT2D eigenvalue weighted by Crippen LogP contribution is -2.55. The summed E-state index contributed by atoms with van der Waals surface area (Å²) in [5.41, 5.74) is 17.9. The monoisotopic (exact) mass is 606 g/mol. The first kappa shape index (κ1) is 35.5. The third-order valence-corrected chi connectivity index (χ3v) is 6.69. The molecule has 0 saturated carbocycles. The number of aliphatic hydroxyl groups is 1. The quantitative estimate of drug-likeness (QED) is 0.0656.